The van der Waals surface area contributed by atoms with E-state index < -0.39 is 23.4 Å². The van der Waals surface area contributed by atoms with E-state index in [2.05, 4.69) is 20.3 Å². The van der Waals surface area contributed by atoms with E-state index in [-0.39, 0.29) is 73.6 Å². The number of imidazole rings is 1. The van der Waals surface area contributed by atoms with Gasteiger partial charge in [0.2, 0.25) is 11.9 Å². The Labute approximate surface area is 183 Å². The van der Waals surface area contributed by atoms with E-state index in [1.807, 2.05) is 0 Å². The molecule has 174 valence electrons. The minimum Gasteiger partial charge on any atom is -0.456 e. The monoisotopic (exact) mass is 449 g/mol. The van der Waals surface area contributed by atoms with Crippen LogP contribution in [0.1, 0.15) is 52.7 Å². The molecular weight excluding hydrogens is 422 g/mol. The minimum absolute atomic E-state index is 0.0155. The SMILES string of the molecule is CC(=O)CCC(=O)O[C@]1(CCO)CO[C@@H](n2cnc3c(=O)[nH]c(NC(=O)C(C)C)nc32)C1. The lowest BCUT2D eigenvalue weighted by molar-refractivity contribution is -0.162. The standard InChI is InChI=1S/C20H27N5O7/c1-11(2)17(29)23-19-22-16-15(18(30)24-19)21-10-25(16)13-8-20(6-7-26,9-31-13)32-14(28)5-4-12(3)27/h10-11,13,26H,4-9H2,1-3H3,(H2,22,23,24,29,30)/t13-,20+/m1/s1. The first-order valence-corrected chi connectivity index (χ1v) is 10.4. The van der Waals surface area contributed by atoms with Gasteiger partial charge >= 0.3 is 5.97 Å². The van der Waals surface area contributed by atoms with Gasteiger partial charge in [0.05, 0.1) is 19.4 Å². The van der Waals surface area contributed by atoms with Crippen LogP contribution >= 0.6 is 0 Å². The summed E-state index contributed by atoms with van der Waals surface area (Å²) in [4.78, 5) is 58.6. The molecule has 1 saturated heterocycles. The number of rotatable bonds is 9. The summed E-state index contributed by atoms with van der Waals surface area (Å²) in [7, 11) is 0. The van der Waals surface area contributed by atoms with Crippen molar-refractivity contribution in [3.63, 3.8) is 0 Å². The van der Waals surface area contributed by atoms with Gasteiger partial charge in [0, 0.05) is 31.8 Å². The second kappa shape index (κ2) is 9.57. The fourth-order valence-corrected chi connectivity index (χ4v) is 3.39. The number of aromatic nitrogens is 4. The van der Waals surface area contributed by atoms with Crippen LogP contribution < -0.4 is 10.9 Å². The third-order valence-corrected chi connectivity index (χ3v) is 5.17. The molecule has 1 fully saturated rings. The van der Waals surface area contributed by atoms with Crippen molar-refractivity contribution in [3.8, 4) is 0 Å². The van der Waals surface area contributed by atoms with Gasteiger partial charge in [-0.3, -0.25) is 29.3 Å². The number of anilines is 1. The number of esters is 1. The van der Waals surface area contributed by atoms with Crippen LogP contribution in [0.2, 0.25) is 0 Å². The maximum Gasteiger partial charge on any atom is 0.306 e. The van der Waals surface area contributed by atoms with Crippen LogP contribution in [-0.4, -0.2) is 61.1 Å². The highest BCUT2D eigenvalue weighted by Crippen LogP contribution is 2.38. The van der Waals surface area contributed by atoms with Gasteiger partial charge in [-0.2, -0.15) is 4.98 Å². The maximum atomic E-state index is 12.4. The second-order valence-corrected chi connectivity index (χ2v) is 8.19. The lowest BCUT2D eigenvalue weighted by atomic mass is 9.98. The number of carbonyl (C=O) groups is 3. The lowest BCUT2D eigenvalue weighted by Gasteiger charge is -2.27. The molecule has 2 atom stereocenters. The van der Waals surface area contributed by atoms with Gasteiger partial charge in [0.1, 0.15) is 17.6 Å². The van der Waals surface area contributed by atoms with Crippen molar-refractivity contribution in [2.75, 3.05) is 18.5 Å². The Bertz CT molecular complexity index is 1080. The molecule has 2 aromatic rings. The number of hydrogen-bond donors (Lipinski definition) is 3. The third kappa shape index (κ3) is 5.19. The van der Waals surface area contributed by atoms with Crippen molar-refractivity contribution in [1.82, 2.24) is 19.5 Å². The summed E-state index contributed by atoms with van der Waals surface area (Å²) < 4.78 is 13.0. The van der Waals surface area contributed by atoms with Crippen molar-refractivity contribution >= 4 is 34.8 Å². The number of H-pyrrole nitrogens is 1. The zero-order valence-electron chi connectivity index (χ0n) is 18.2. The highest BCUT2D eigenvalue weighted by Gasteiger charge is 2.44. The Morgan fingerprint density at radius 1 is 1.41 bits per heavy atom. The Morgan fingerprint density at radius 3 is 2.81 bits per heavy atom. The topological polar surface area (TPSA) is 166 Å². The van der Waals surface area contributed by atoms with Crippen molar-refractivity contribution in [2.45, 2.75) is 58.3 Å². The fourth-order valence-electron chi connectivity index (χ4n) is 3.39. The summed E-state index contributed by atoms with van der Waals surface area (Å²) in [6.45, 7) is 4.60. The van der Waals surface area contributed by atoms with E-state index in [0.29, 0.717) is 0 Å². The maximum absolute atomic E-state index is 12.4. The Balaban J connectivity index is 1.84. The highest BCUT2D eigenvalue weighted by atomic mass is 16.6. The van der Waals surface area contributed by atoms with E-state index in [9.17, 15) is 24.3 Å². The molecule has 0 radical (unpaired) electrons. The zero-order chi connectivity index (χ0) is 23.5. The fraction of sp³-hybridized carbons (Fsp3) is 0.600. The molecule has 0 aliphatic carbocycles. The number of Topliss-reactive ketones (excluding diaryl/α,β-unsaturated/α-hetero) is 1. The molecule has 12 heteroatoms. The van der Waals surface area contributed by atoms with Crippen LogP contribution in [0, 0.1) is 5.92 Å². The van der Waals surface area contributed by atoms with Crippen molar-refractivity contribution in [2.24, 2.45) is 5.92 Å². The molecule has 0 aromatic carbocycles. The van der Waals surface area contributed by atoms with E-state index in [0.717, 1.165) is 0 Å². The number of ether oxygens (including phenoxy) is 2. The molecule has 0 saturated carbocycles. The van der Waals surface area contributed by atoms with Crippen molar-refractivity contribution in [1.29, 1.82) is 0 Å². The molecule has 3 rings (SSSR count). The Hall–Kier alpha value is -3.12. The summed E-state index contributed by atoms with van der Waals surface area (Å²) in [5, 5.41) is 12.0. The Morgan fingerprint density at radius 2 is 2.16 bits per heavy atom. The third-order valence-electron chi connectivity index (χ3n) is 5.17. The van der Waals surface area contributed by atoms with Crippen molar-refractivity contribution in [3.05, 3.63) is 16.7 Å². The number of nitrogens with one attached hydrogen (secondary N) is 2. The van der Waals surface area contributed by atoms with Gasteiger partial charge in [0.15, 0.2) is 11.2 Å². The van der Waals surface area contributed by atoms with Crippen molar-refractivity contribution < 1.29 is 29.0 Å². The summed E-state index contributed by atoms with van der Waals surface area (Å²) in [5.41, 5.74) is -1.35. The van der Waals surface area contributed by atoms with Crippen LogP contribution in [0.3, 0.4) is 0 Å². The number of ketones is 1. The quantitative estimate of drug-likeness (QED) is 0.466. The van der Waals surface area contributed by atoms with Gasteiger partial charge in [-0.1, -0.05) is 13.8 Å². The van der Waals surface area contributed by atoms with Crippen LogP contribution in [0.4, 0.5) is 5.95 Å². The van der Waals surface area contributed by atoms with Crippen LogP contribution in [-0.2, 0) is 23.9 Å². The molecule has 3 heterocycles. The average Bonchev–Trinajstić information content (AvgIpc) is 3.31. The zero-order valence-corrected chi connectivity index (χ0v) is 18.2. The number of aliphatic hydroxyl groups is 1. The molecule has 0 spiro atoms. The van der Waals surface area contributed by atoms with E-state index >= 15 is 0 Å². The first-order chi connectivity index (χ1) is 15.1. The van der Waals surface area contributed by atoms with Gasteiger partial charge in [-0.15, -0.1) is 0 Å². The van der Waals surface area contributed by atoms with Gasteiger partial charge in [-0.25, -0.2) is 4.98 Å². The average molecular weight is 449 g/mol. The normalized spacial score (nSPS) is 20.6. The predicted octanol–water partition coefficient (Wildman–Crippen LogP) is 0.667. The molecule has 1 aliphatic rings. The second-order valence-electron chi connectivity index (χ2n) is 8.19. The summed E-state index contributed by atoms with van der Waals surface area (Å²) in [6, 6.07) is 0. The van der Waals surface area contributed by atoms with Crippen LogP contribution in [0.25, 0.3) is 11.2 Å². The molecule has 1 aliphatic heterocycles. The first kappa shape index (κ1) is 23.5. The van der Waals surface area contributed by atoms with Gasteiger partial charge < -0.3 is 19.4 Å². The predicted molar refractivity (Wildman–Crippen MR) is 112 cm³/mol. The van der Waals surface area contributed by atoms with Crippen LogP contribution in [0.5, 0.6) is 0 Å². The molecule has 2 aromatic heterocycles. The largest absolute Gasteiger partial charge is 0.456 e. The number of amides is 1. The number of fused-ring (bicyclic) bond motifs is 1. The summed E-state index contributed by atoms with van der Waals surface area (Å²) in [5.74, 6) is -1.31. The number of aliphatic hydroxyl groups excluding tert-OH is 1. The minimum atomic E-state index is -1.08. The van der Waals surface area contributed by atoms with E-state index in [4.69, 9.17) is 9.47 Å². The Kier molecular flexibility index (Phi) is 7.04. The number of hydrogen-bond acceptors (Lipinski definition) is 9. The molecule has 3 N–H and O–H groups in total. The van der Waals surface area contributed by atoms with E-state index in [1.165, 1.54) is 17.8 Å². The van der Waals surface area contributed by atoms with Crippen LogP contribution in [0.15, 0.2) is 11.1 Å². The number of nitrogens with zero attached hydrogens (tertiary/aromatic N) is 3. The smallest absolute Gasteiger partial charge is 0.306 e. The molecule has 0 unspecified atom stereocenters. The molecule has 32 heavy (non-hydrogen) atoms. The molecule has 0 bridgehead atoms. The first-order valence-electron chi connectivity index (χ1n) is 10.4. The van der Waals surface area contributed by atoms with Gasteiger partial charge in [-0.05, 0) is 6.92 Å². The summed E-state index contributed by atoms with van der Waals surface area (Å²) in [6.07, 6.45) is 1.06. The molecular formula is C20H27N5O7. The lowest BCUT2D eigenvalue weighted by Crippen LogP contribution is -2.37. The summed E-state index contributed by atoms with van der Waals surface area (Å²) >= 11 is 0. The number of aromatic amines is 1. The van der Waals surface area contributed by atoms with E-state index in [1.54, 1.807) is 13.8 Å². The number of carbonyl (C=O) groups excluding carboxylic acids is 3. The molecule has 1 amide bonds. The van der Waals surface area contributed by atoms with Gasteiger partial charge in [0.25, 0.3) is 5.56 Å². The highest BCUT2D eigenvalue weighted by molar-refractivity contribution is 5.91. The molecule has 12 nitrogen and oxygen atoms in total.